The van der Waals surface area contributed by atoms with E-state index in [-0.39, 0.29) is 0 Å². The van der Waals surface area contributed by atoms with Crippen LogP contribution in [-0.2, 0) is 6.42 Å². The Hall–Kier alpha value is -2.88. The molecule has 0 saturated carbocycles. The van der Waals surface area contributed by atoms with Crippen LogP contribution in [0.3, 0.4) is 0 Å². The maximum Gasteiger partial charge on any atom is 0.136 e. The molecular weight excluding hydrogens is 308 g/mol. The van der Waals surface area contributed by atoms with E-state index in [2.05, 4.69) is 63.9 Å². The number of aryl methyl sites for hydroxylation is 3. The van der Waals surface area contributed by atoms with E-state index >= 15 is 0 Å². The number of hydrogen-bond donors (Lipinski definition) is 2. The molecule has 1 aromatic heterocycles. The van der Waals surface area contributed by atoms with Crippen molar-refractivity contribution >= 4 is 17.3 Å². The molecule has 128 valence electrons. The first-order valence-electron chi connectivity index (χ1n) is 8.66. The van der Waals surface area contributed by atoms with Crippen LogP contribution >= 0.6 is 0 Å². The Labute approximate surface area is 149 Å². The summed E-state index contributed by atoms with van der Waals surface area (Å²) in [4.78, 5) is 8.95. The van der Waals surface area contributed by atoms with Gasteiger partial charge in [-0.1, -0.05) is 42.5 Å². The highest BCUT2D eigenvalue weighted by Gasteiger charge is 2.03. The van der Waals surface area contributed by atoms with Crippen LogP contribution in [0, 0.1) is 13.8 Å². The minimum absolute atomic E-state index is 0.753. The maximum absolute atomic E-state index is 4.48. The molecule has 0 saturated heterocycles. The van der Waals surface area contributed by atoms with Gasteiger partial charge in [0.2, 0.25) is 0 Å². The van der Waals surface area contributed by atoms with Crippen molar-refractivity contribution in [2.24, 2.45) is 0 Å². The zero-order chi connectivity index (χ0) is 17.5. The average molecular weight is 332 g/mol. The molecule has 2 N–H and O–H groups in total. The summed E-state index contributed by atoms with van der Waals surface area (Å²) in [5.74, 6) is 2.42. The van der Waals surface area contributed by atoms with E-state index in [1.54, 1.807) is 0 Å². The summed E-state index contributed by atoms with van der Waals surface area (Å²) in [5.41, 5.74) is 3.62. The molecule has 0 spiro atoms. The minimum Gasteiger partial charge on any atom is -0.370 e. The number of nitrogens with one attached hydrogen (secondary N) is 2. The van der Waals surface area contributed by atoms with Gasteiger partial charge in [-0.15, -0.1) is 0 Å². The van der Waals surface area contributed by atoms with Crippen LogP contribution in [-0.4, -0.2) is 16.5 Å². The Morgan fingerprint density at radius 3 is 2.44 bits per heavy atom. The topological polar surface area (TPSA) is 49.8 Å². The van der Waals surface area contributed by atoms with Gasteiger partial charge in [0.1, 0.15) is 17.5 Å². The summed E-state index contributed by atoms with van der Waals surface area (Å²) < 4.78 is 0. The Morgan fingerprint density at radius 1 is 0.840 bits per heavy atom. The van der Waals surface area contributed by atoms with Crippen molar-refractivity contribution in [3.8, 4) is 0 Å². The Morgan fingerprint density at radius 2 is 1.64 bits per heavy atom. The molecule has 0 bridgehead atoms. The predicted octanol–water partition coefficient (Wildman–Crippen LogP) is 4.88. The predicted molar refractivity (Wildman–Crippen MR) is 104 cm³/mol. The summed E-state index contributed by atoms with van der Waals surface area (Å²) in [6, 6.07) is 20.8. The summed E-state index contributed by atoms with van der Waals surface area (Å²) >= 11 is 0. The molecule has 0 aliphatic rings. The molecule has 3 aromatic rings. The number of rotatable bonds is 7. The SMILES string of the molecule is Cc1cccc(Nc2cc(NCCCc3ccccc3)nc(C)n2)c1. The summed E-state index contributed by atoms with van der Waals surface area (Å²) in [6.45, 7) is 4.88. The molecule has 2 aromatic carbocycles. The van der Waals surface area contributed by atoms with Gasteiger partial charge in [-0.3, -0.25) is 0 Å². The second kappa shape index (κ2) is 8.29. The molecule has 25 heavy (non-hydrogen) atoms. The third-order valence-corrected chi connectivity index (χ3v) is 3.92. The second-order valence-corrected chi connectivity index (χ2v) is 6.20. The Balaban J connectivity index is 1.57. The van der Waals surface area contributed by atoms with Gasteiger partial charge >= 0.3 is 0 Å². The molecule has 0 unspecified atom stereocenters. The fraction of sp³-hybridized carbons (Fsp3) is 0.238. The lowest BCUT2D eigenvalue weighted by Crippen LogP contribution is -2.07. The molecule has 4 heteroatoms. The highest BCUT2D eigenvalue weighted by atomic mass is 15.1. The first-order valence-corrected chi connectivity index (χ1v) is 8.66. The van der Waals surface area contributed by atoms with Gasteiger partial charge in [0.05, 0.1) is 0 Å². The molecular formula is C21H24N4. The van der Waals surface area contributed by atoms with Gasteiger partial charge in [-0.05, 0) is 49.9 Å². The van der Waals surface area contributed by atoms with E-state index in [9.17, 15) is 0 Å². The van der Waals surface area contributed by atoms with Gasteiger partial charge in [0, 0.05) is 18.3 Å². The highest BCUT2D eigenvalue weighted by Crippen LogP contribution is 2.18. The van der Waals surface area contributed by atoms with E-state index in [1.807, 2.05) is 31.2 Å². The maximum atomic E-state index is 4.48. The van der Waals surface area contributed by atoms with Crippen molar-refractivity contribution < 1.29 is 0 Å². The molecule has 0 aliphatic carbocycles. The summed E-state index contributed by atoms with van der Waals surface area (Å²) in [6.07, 6.45) is 2.13. The van der Waals surface area contributed by atoms with Crippen LogP contribution in [0.15, 0.2) is 60.7 Å². The molecule has 0 fully saturated rings. The standard InChI is InChI=1S/C21H24N4/c1-16-8-6-12-19(14-16)25-21-15-20(23-17(2)24-21)22-13-7-11-18-9-4-3-5-10-18/h3-6,8-10,12,14-15H,7,11,13H2,1-2H3,(H2,22,23,24,25). The fourth-order valence-corrected chi connectivity index (χ4v) is 2.75. The molecule has 3 rings (SSSR count). The zero-order valence-electron chi connectivity index (χ0n) is 14.8. The first-order chi connectivity index (χ1) is 12.2. The lowest BCUT2D eigenvalue weighted by molar-refractivity contribution is 0.856. The second-order valence-electron chi connectivity index (χ2n) is 6.20. The summed E-state index contributed by atoms with van der Waals surface area (Å²) in [5, 5.41) is 6.75. The van der Waals surface area contributed by atoms with E-state index in [0.29, 0.717) is 0 Å². The normalized spacial score (nSPS) is 10.5. The van der Waals surface area contributed by atoms with Crippen LogP contribution in [0.25, 0.3) is 0 Å². The lowest BCUT2D eigenvalue weighted by atomic mass is 10.1. The van der Waals surface area contributed by atoms with Crippen molar-refractivity contribution in [3.05, 3.63) is 77.6 Å². The smallest absolute Gasteiger partial charge is 0.136 e. The largest absolute Gasteiger partial charge is 0.370 e. The highest BCUT2D eigenvalue weighted by molar-refractivity contribution is 5.59. The van der Waals surface area contributed by atoms with Gasteiger partial charge in [-0.2, -0.15) is 0 Å². The van der Waals surface area contributed by atoms with E-state index in [1.165, 1.54) is 11.1 Å². The molecule has 0 radical (unpaired) electrons. The Kier molecular flexibility index (Phi) is 5.62. The molecule has 0 amide bonds. The quantitative estimate of drug-likeness (QED) is 0.605. The van der Waals surface area contributed by atoms with Crippen molar-refractivity contribution in [1.29, 1.82) is 0 Å². The fourth-order valence-electron chi connectivity index (χ4n) is 2.75. The third-order valence-electron chi connectivity index (χ3n) is 3.92. The van der Waals surface area contributed by atoms with Crippen LogP contribution in [0.2, 0.25) is 0 Å². The van der Waals surface area contributed by atoms with Crippen LogP contribution in [0.5, 0.6) is 0 Å². The molecule has 0 aliphatic heterocycles. The van der Waals surface area contributed by atoms with Crippen molar-refractivity contribution in [3.63, 3.8) is 0 Å². The number of aromatic nitrogens is 2. The number of benzene rings is 2. The van der Waals surface area contributed by atoms with Crippen LogP contribution in [0.4, 0.5) is 17.3 Å². The summed E-state index contributed by atoms with van der Waals surface area (Å²) in [7, 11) is 0. The minimum atomic E-state index is 0.753. The van der Waals surface area contributed by atoms with Crippen molar-refractivity contribution in [1.82, 2.24) is 9.97 Å². The van der Waals surface area contributed by atoms with Gasteiger partial charge < -0.3 is 10.6 Å². The van der Waals surface area contributed by atoms with E-state index in [4.69, 9.17) is 0 Å². The molecule has 0 atom stereocenters. The van der Waals surface area contributed by atoms with Crippen molar-refractivity contribution in [2.75, 3.05) is 17.2 Å². The third kappa shape index (κ3) is 5.31. The number of nitrogens with zero attached hydrogens (tertiary/aromatic N) is 2. The van der Waals surface area contributed by atoms with Gasteiger partial charge in [-0.25, -0.2) is 9.97 Å². The van der Waals surface area contributed by atoms with E-state index < -0.39 is 0 Å². The molecule has 1 heterocycles. The van der Waals surface area contributed by atoms with Crippen LogP contribution in [0.1, 0.15) is 23.4 Å². The van der Waals surface area contributed by atoms with Crippen LogP contribution < -0.4 is 10.6 Å². The number of anilines is 3. The lowest BCUT2D eigenvalue weighted by Gasteiger charge is -2.10. The zero-order valence-corrected chi connectivity index (χ0v) is 14.8. The average Bonchev–Trinajstić information content (AvgIpc) is 2.59. The van der Waals surface area contributed by atoms with Gasteiger partial charge in [0.15, 0.2) is 0 Å². The van der Waals surface area contributed by atoms with Crippen molar-refractivity contribution in [2.45, 2.75) is 26.7 Å². The molecule has 4 nitrogen and oxygen atoms in total. The van der Waals surface area contributed by atoms with E-state index in [0.717, 1.165) is 42.5 Å². The number of hydrogen-bond acceptors (Lipinski definition) is 4. The van der Waals surface area contributed by atoms with Gasteiger partial charge in [0.25, 0.3) is 0 Å². The monoisotopic (exact) mass is 332 g/mol. The first kappa shape index (κ1) is 17.0. The Bertz CT molecular complexity index is 815.